The normalized spacial score (nSPS) is 14.9. The quantitative estimate of drug-likeness (QED) is 0.294. The summed E-state index contributed by atoms with van der Waals surface area (Å²) in [5, 5.41) is 2.34. The second-order valence-corrected chi connectivity index (χ2v) is 9.44. The molecule has 33 heavy (non-hydrogen) atoms. The first-order valence-corrected chi connectivity index (χ1v) is 12.5. The molecule has 7 heteroatoms. The van der Waals surface area contributed by atoms with Gasteiger partial charge in [0.25, 0.3) is 0 Å². The summed E-state index contributed by atoms with van der Waals surface area (Å²) >= 11 is 0. The molecule has 0 aliphatic carbocycles. The SMILES string of the molecule is CC(C)C.CCCN1CCCCC1.CCOC(=O)/C(C)=C/C(C(C)C)N(C)C(=O)CNC=O. The highest BCUT2D eigenvalue weighted by Crippen LogP contribution is 2.14. The highest BCUT2D eigenvalue weighted by Gasteiger charge is 2.22. The van der Waals surface area contributed by atoms with Gasteiger partial charge in [-0.1, -0.05) is 54.0 Å². The molecule has 1 unspecified atom stereocenters. The number of amides is 2. The fraction of sp³-hybridized carbons (Fsp3) is 0.808. The molecule has 0 saturated carbocycles. The van der Waals surface area contributed by atoms with Gasteiger partial charge < -0.3 is 19.9 Å². The van der Waals surface area contributed by atoms with Crippen molar-refractivity contribution in [1.82, 2.24) is 15.1 Å². The van der Waals surface area contributed by atoms with Gasteiger partial charge in [0.15, 0.2) is 0 Å². The molecule has 0 radical (unpaired) electrons. The maximum atomic E-state index is 11.9. The second-order valence-electron chi connectivity index (χ2n) is 9.44. The Morgan fingerprint density at radius 1 is 1.06 bits per heavy atom. The van der Waals surface area contributed by atoms with Crippen molar-refractivity contribution in [2.24, 2.45) is 11.8 Å². The molecule has 1 atom stereocenters. The fourth-order valence-corrected chi connectivity index (χ4v) is 3.24. The van der Waals surface area contributed by atoms with Gasteiger partial charge in [0.2, 0.25) is 12.3 Å². The lowest BCUT2D eigenvalue weighted by atomic mass is 10.00. The number of nitrogens with zero attached hydrogens (tertiary/aromatic N) is 2. The third kappa shape index (κ3) is 18.2. The van der Waals surface area contributed by atoms with Crippen molar-refractivity contribution >= 4 is 18.3 Å². The van der Waals surface area contributed by atoms with Crippen LogP contribution in [0.4, 0.5) is 0 Å². The van der Waals surface area contributed by atoms with E-state index in [0.717, 1.165) is 5.92 Å². The molecule has 1 rings (SSSR count). The summed E-state index contributed by atoms with van der Waals surface area (Å²) in [6, 6.07) is -0.236. The Morgan fingerprint density at radius 3 is 2.03 bits per heavy atom. The minimum absolute atomic E-state index is 0.0600. The van der Waals surface area contributed by atoms with Crippen molar-refractivity contribution in [2.75, 3.05) is 39.8 Å². The van der Waals surface area contributed by atoms with Crippen LogP contribution in [-0.4, -0.2) is 74.0 Å². The van der Waals surface area contributed by atoms with E-state index in [1.165, 1.54) is 50.2 Å². The number of esters is 1. The summed E-state index contributed by atoms with van der Waals surface area (Å²) in [5.74, 6) is 0.360. The monoisotopic (exact) mass is 469 g/mol. The van der Waals surface area contributed by atoms with E-state index in [0.29, 0.717) is 18.6 Å². The molecule has 0 bridgehead atoms. The molecule has 1 aliphatic heterocycles. The minimum atomic E-state index is -0.384. The van der Waals surface area contributed by atoms with Gasteiger partial charge >= 0.3 is 5.97 Å². The van der Waals surface area contributed by atoms with Crippen LogP contribution in [0.15, 0.2) is 11.6 Å². The van der Waals surface area contributed by atoms with E-state index >= 15 is 0 Å². The number of hydrogen-bond acceptors (Lipinski definition) is 5. The zero-order valence-electron chi connectivity index (χ0n) is 22.8. The number of likely N-dealkylation sites (N-methyl/N-ethyl adjacent to an activating group) is 1. The molecule has 0 aromatic carbocycles. The van der Waals surface area contributed by atoms with Gasteiger partial charge in [-0.05, 0) is 64.6 Å². The zero-order chi connectivity index (χ0) is 25.8. The van der Waals surface area contributed by atoms with Gasteiger partial charge in [0.1, 0.15) is 0 Å². The molecule has 0 aromatic rings. The second kappa shape index (κ2) is 20.7. The van der Waals surface area contributed by atoms with Crippen LogP contribution in [0.25, 0.3) is 0 Å². The number of rotatable bonds is 10. The molecule has 1 saturated heterocycles. The van der Waals surface area contributed by atoms with Crippen LogP contribution in [0.5, 0.6) is 0 Å². The van der Waals surface area contributed by atoms with E-state index in [4.69, 9.17) is 4.74 Å². The molecule has 194 valence electrons. The highest BCUT2D eigenvalue weighted by molar-refractivity contribution is 5.88. The Labute approximate surface area is 203 Å². The zero-order valence-corrected chi connectivity index (χ0v) is 22.8. The fourth-order valence-electron chi connectivity index (χ4n) is 3.24. The average molecular weight is 470 g/mol. The topological polar surface area (TPSA) is 79.0 Å². The summed E-state index contributed by atoms with van der Waals surface area (Å²) in [5.41, 5.74) is 0.466. The third-order valence-corrected chi connectivity index (χ3v) is 4.87. The van der Waals surface area contributed by atoms with Gasteiger partial charge in [-0.15, -0.1) is 0 Å². The van der Waals surface area contributed by atoms with E-state index in [1.54, 1.807) is 27.0 Å². The van der Waals surface area contributed by atoms with Gasteiger partial charge in [0.05, 0.1) is 19.2 Å². The molecular weight excluding hydrogens is 418 g/mol. The lowest BCUT2D eigenvalue weighted by molar-refractivity contribution is -0.138. The number of piperidine rings is 1. The average Bonchev–Trinajstić information content (AvgIpc) is 2.76. The molecule has 0 aromatic heterocycles. The van der Waals surface area contributed by atoms with E-state index in [1.807, 2.05) is 13.8 Å². The molecule has 0 spiro atoms. The van der Waals surface area contributed by atoms with Crippen LogP contribution in [0, 0.1) is 11.8 Å². The number of ether oxygens (including phenoxy) is 1. The Hall–Kier alpha value is -1.89. The van der Waals surface area contributed by atoms with Crippen molar-refractivity contribution in [3.8, 4) is 0 Å². The lowest BCUT2D eigenvalue weighted by Gasteiger charge is -2.29. The van der Waals surface area contributed by atoms with Gasteiger partial charge in [-0.3, -0.25) is 9.59 Å². The molecule has 1 N–H and O–H groups in total. The first-order valence-electron chi connectivity index (χ1n) is 12.5. The smallest absolute Gasteiger partial charge is 0.333 e. The Kier molecular flexibility index (Phi) is 20.9. The molecule has 2 amide bonds. The Balaban J connectivity index is 0. The standard InChI is InChI=1S/C14H24N2O4.C8H17N.C4H10/c1-6-20-14(19)11(4)7-12(10(2)3)16(5)13(18)8-15-9-17;1-2-6-9-7-4-3-5-8-9;1-4(2)3/h7,9-10,12H,6,8H2,1-5H3,(H,15,17);2-8H2,1H3;4H,1-3H3/b11-7+;;. The highest BCUT2D eigenvalue weighted by atomic mass is 16.5. The molecule has 1 heterocycles. The Morgan fingerprint density at radius 2 is 1.61 bits per heavy atom. The number of carbonyl (C=O) groups is 3. The van der Waals surface area contributed by atoms with E-state index < -0.39 is 0 Å². The first kappa shape index (κ1) is 33.3. The van der Waals surface area contributed by atoms with Gasteiger partial charge in [-0.2, -0.15) is 0 Å². The van der Waals surface area contributed by atoms with Crippen LogP contribution in [0.3, 0.4) is 0 Å². The first-order chi connectivity index (χ1) is 15.5. The van der Waals surface area contributed by atoms with Crippen LogP contribution in [0.2, 0.25) is 0 Å². The van der Waals surface area contributed by atoms with Crippen molar-refractivity contribution in [1.29, 1.82) is 0 Å². The number of carbonyl (C=O) groups excluding carboxylic acids is 3. The predicted molar refractivity (Wildman–Crippen MR) is 137 cm³/mol. The molecule has 1 fully saturated rings. The number of hydrogen-bond donors (Lipinski definition) is 1. The van der Waals surface area contributed by atoms with Crippen LogP contribution < -0.4 is 5.32 Å². The minimum Gasteiger partial charge on any atom is -0.463 e. The van der Waals surface area contributed by atoms with Crippen molar-refractivity contribution in [3.05, 3.63) is 11.6 Å². The predicted octanol–water partition coefficient (Wildman–Crippen LogP) is 4.27. The summed E-state index contributed by atoms with van der Waals surface area (Å²) in [4.78, 5) is 37.8. The maximum Gasteiger partial charge on any atom is 0.333 e. The van der Waals surface area contributed by atoms with E-state index in [-0.39, 0.29) is 30.4 Å². The molecule has 7 nitrogen and oxygen atoms in total. The summed E-state index contributed by atoms with van der Waals surface area (Å²) in [6.07, 6.45) is 7.84. The number of likely N-dealkylation sites (tertiary alicyclic amines) is 1. The number of nitrogens with one attached hydrogen (secondary N) is 1. The van der Waals surface area contributed by atoms with Crippen LogP contribution in [0.1, 0.15) is 81.1 Å². The summed E-state index contributed by atoms with van der Waals surface area (Å²) in [6.45, 7) is 20.4. The maximum absolute atomic E-state index is 11.9. The van der Waals surface area contributed by atoms with E-state index in [9.17, 15) is 14.4 Å². The summed E-state index contributed by atoms with van der Waals surface area (Å²) in [7, 11) is 1.65. The van der Waals surface area contributed by atoms with Crippen LogP contribution >= 0.6 is 0 Å². The molecule has 1 aliphatic rings. The van der Waals surface area contributed by atoms with Gasteiger partial charge in [0, 0.05) is 12.6 Å². The van der Waals surface area contributed by atoms with E-state index in [2.05, 4.69) is 37.9 Å². The van der Waals surface area contributed by atoms with Gasteiger partial charge in [-0.25, -0.2) is 4.79 Å². The molecular formula is C26H51N3O4. The van der Waals surface area contributed by atoms with Crippen molar-refractivity contribution in [3.63, 3.8) is 0 Å². The van der Waals surface area contributed by atoms with Crippen LogP contribution in [-0.2, 0) is 19.1 Å². The Bertz CT molecular complexity index is 550. The summed E-state index contributed by atoms with van der Waals surface area (Å²) < 4.78 is 4.92. The third-order valence-electron chi connectivity index (χ3n) is 4.87. The van der Waals surface area contributed by atoms with Crippen molar-refractivity contribution in [2.45, 2.75) is 87.1 Å². The largest absolute Gasteiger partial charge is 0.463 e. The van der Waals surface area contributed by atoms with Crippen molar-refractivity contribution < 1.29 is 19.1 Å². The lowest BCUT2D eigenvalue weighted by Crippen LogP contribution is -2.43.